The highest BCUT2D eigenvalue weighted by Gasteiger charge is 2.36. The lowest BCUT2D eigenvalue weighted by Crippen LogP contribution is -2.50. The van der Waals surface area contributed by atoms with E-state index in [0.29, 0.717) is 6.04 Å². The second kappa shape index (κ2) is 5.61. The van der Waals surface area contributed by atoms with Crippen LogP contribution in [-0.4, -0.2) is 53.1 Å². The summed E-state index contributed by atoms with van der Waals surface area (Å²) in [6.07, 6.45) is 4.82. The third-order valence-electron chi connectivity index (χ3n) is 4.26. The van der Waals surface area contributed by atoms with Gasteiger partial charge < -0.3 is 10.1 Å². The molecule has 2 saturated heterocycles. The van der Waals surface area contributed by atoms with E-state index in [-0.39, 0.29) is 12.1 Å². The highest BCUT2D eigenvalue weighted by atomic mass is 16.5. The summed E-state index contributed by atoms with van der Waals surface area (Å²) in [5.41, 5.74) is 1.09. The molecule has 19 heavy (non-hydrogen) atoms. The summed E-state index contributed by atoms with van der Waals surface area (Å²) in [5, 5.41) is 8.08. The number of nitrogens with one attached hydrogen (secondary N) is 1. The molecule has 0 spiro atoms. The van der Waals surface area contributed by atoms with E-state index in [1.807, 2.05) is 17.9 Å². The van der Waals surface area contributed by atoms with Gasteiger partial charge in [-0.1, -0.05) is 6.92 Å². The fourth-order valence-corrected chi connectivity index (χ4v) is 3.29. The zero-order valence-corrected chi connectivity index (χ0v) is 11.9. The van der Waals surface area contributed by atoms with Gasteiger partial charge in [-0.25, -0.2) is 0 Å². The van der Waals surface area contributed by atoms with Gasteiger partial charge in [0.25, 0.3) is 0 Å². The summed E-state index contributed by atoms with van der Waals surface area (Å²) in [5.74, 6) is 0. The van der Waals surface area contributed by atoms with Crippen LogP contribution in [0.5, 0.6) is 0 Å². The normalized spacial score (nSPS) is 29.4. The molecular formula is C14H24N4O. The summed E-state index contributed by atoms with van der Waals surface area (Å²) in [6, 6.07) is 2.95. The average Bonchev–Trinajstić information content (AvgIpc) is 3.03. The highest BCUT2D eigenvalue weighted by Crippen LogP contribution is 2.28. The van der Waals surface area contributed by atoms with Gasteiger partial charge in [-0.15, -0.1) is 0 Å². The number of aryl methyl sites for hydroxylation is 1. The predicted octanol–water partition coefficient (Wildman–Crippen LogP) is 0.934. The van der Waals surface area contributed by atoms with Gasteiger partial charge >= 0.3 is 0 Å². The second-order valence-electron chi connectivity index (χ2n) is 5.61. The lowest BCUT2D eigenvalue weighted by molar-refractivity contribution is -0.0657. The number of hydrogen-bond acceptors (Lipinski definition) is 4. The molecule has 0 radical (unpaired) electrons. The lowest BCUT2D eigenvalue weighted by atomic mass is 10.0. The molecular weight excluding hydrogens is 240 g/mol. The smallest absolute Gasteiger partial charge is 0.0913 e. The first-order chi connectivity index (χ1) is 9.28. The van der Waals surface area contributed by atoms with Crippen LogP contribution in [0.15, 0.2) is 12.3 Å². The van der Waals surface area contributed by atoms with Crippen molar-refractivity contribution in [3.05, 3.63) is 18.0 Å². The number of aromatic nitrogens is 2. The molecule has 0 amide bonds. The molecule has 0 aromatic carbocycles. The molecule has 3 heterocycles. The molecule has 3 unspecified atom stereocenters. The van der Waals surface area contributed by atoms with E-state index in [4.69, 9.17) is 4.74 Å². The number of rotatable bonds is 4. The Kier molecular flexibility index (Phi) is 3.86. The fourth-order valence-electron chi connectivity index (χ4n) is 3.29. The van der Waals surface area contributed by atoms with Gasteiger partial charge in [0.2, 0.25) is 0 Å². The minimum absolute atomic E-state index is 0.202. The lowest BCUT2D eigenvalue weighted by Gasteiger charge is -2.38. The molecule has 2 aliphatic heterocycles. The molecule has 1 aromatic heterocycles. The predicted molar refractivity (Wildman–Crippen MR) is 74.0 cm³/mol. The molecule has 106 valence electrons. The molecule has 0 bridgehead atoms. The molecule has 1 N–H and O–H groups in total. The average molecular weight is 264 g/mol. The van der Waals surface area contributed by atoms with E-state index in [1.54, 1.807) is 0 Å². The van der Waals surface area contributed by atoms with Gasteiger partial charge in [0, 0.05) is 25.8 Å². The van der Waals surface area contributed by atoms with Gasteiger partial charge in [0.1, 0.15) is 0 Å². The maximum Gasteiger partial charge on any atom is 0.0913 e. The van der Waals surface area contributed by atoms with Crippen molar-refractivity contribution in [2.45, 2.75) is 38.0 Å². The Hall–Kier alpha value is -0.910. The maximum atomic E-state index is 6.12. The van der Waals surface area contributed by atoms with E-state index in [0.717, 1.165) is 25.4 Å². The fraction of sp³-hybridized carbons (Fsp3) is 0.786. The molecule has 5 nitrogen and oxygen atoms in total. The summed E-state index contributed by atoms with van der Waals surface area (Å²) in [6.45, 7) is 6.20. The molecule has 3 rings (SSSR count). The van der Waals surface area contributed by atoms with Crippen molar-refractivity contribution in [3.8, 4) is 0 Å². The first kappa shape index (κ1) is 13.1. The summed E-state index contributed by atoms with van der Waals surface area (Å²) >= 11 is 0. The van der Waals surface area contributed by atoms with Crippen LogP contribution in [0.25, 0.3) is 0 Å². The number of fused-ring (bicyclic) bond motifs is 1. The third kappa shape index (κ3) is 2.68. The number of likely N-dealkylation sites (N-methyl/N-ethyl adjacent to an activating group) is 1. The SMILES string of the molecule is CCNC(c1ccn(C)n1)C1CN2CCCC2CO1. The van der Waals surface area contributed by atoms with Crippen molar-refractivity contribution in [1.29, 1.82) is 0 Å². The molecule has 2 fully saturated rings. The Morgan fingerprint density at radius 2 is 2.47 bits per heavy atom. The third-order valence-corrected chi connectivity index (χ3v) is 4.26. The van der Waals surface area contributed by atoms with E-state index in [2.05, 4.69) is 28.3 Å². The van der Waals surface area contributed by atoms with Crippen LogP contribution in [0.1, 0.15) is 31.5 Å². The number of ether oxygens (including phenoxy) is 1. The monoisotopic (exact) mass is 264 g/mol. The minimum Gasteiger partial charge on any atom is -0.373 e. The number of hydrogen-bond donors (Lipinski definition) is 1. The van der Waals surface area contributed by atoms with Crippen molar-refractivity contribution in [1.82, 2.24) is 20.0 Å². The van der Waals surface area contributed by atoms with Crippen molar-refractivity contribution in [2.75, 3.05) is 26.2 Å². The van der Waals surface area contributed by atoms with Crippen LogP contribution in [0, 0.1) is 0 Å². The molecule has 3 atom stereocenters. The Bertz CT molecular complexity index is 419. The van der Waals surface area contributed by atoms with E-state index in [9.17, 15) is 0 Å². The molecule has 2 aliphatic rings. The zero-order valence-electron chi connectivity index (χ0n) is 11.9. The van der Waals surface area contributed by atoms with Gasteiger partial charge in [0.05, 0.1) is 24.4 Å². The van der Waals surface area contributed by atoms with Gasteiger partial charge in [-0.05, 0) is 32.0 Å². The van der Waals surface area contributed by atoms with Gasteiger partial charge in [-0.3, -0.25) is 9.58 Å². The molecule has 5 heteroatoms. The Labute approximate surface area is 114 Å². The summed E-state index contributed by atoms with van der Waals surface area (Å²) in [4.78, 5) is 2.58. The van der Waals surface area contributed by atoms with Crippen molar-refractivity contribution in [2.24, 2.45) is 7.05 Å². The standard InChI is InChI=1S/C14H24N4O/c1-3-15-14(12-6-8-17(2)16-12)13-9-18-7-4-5-11(18)10-19-13/h6,8,11,13-15H,3-5,7,9-10H2,1-2H3. The summed E-state index contributed by atoms with van der Waals surface area (Å²) in [7, 11) is 1.96. The molecule has 0 aliphatic carbocycles. The van der Waals surface area contributed by atoms with E-state index in [1.165, 1.54) is 19.4 Å². The van der Waals surface area contributed by atoms with E-state index < -0.39 is 0 Å². The topological polar surface area (TPSA) is 42.3 Å². The van der Waals surface area contributed by atoms with Crippen LogP contribution in [0.2, 0.25) is 0 Å². The van der Waals surface area contributed by atoms with Crippen LogP contribution >= 0.6 is 0 Å². The van der Waals surface area contributed by atoms with Crippen LogP contribution in [-0.2, 0) is 11.8 Å². The maximum absolute atomic E-state index is 6.12. The van der Waals surface area contributed by atoms with Crippen molar-refractivity contribution >= 4 is 0 Å². The number of morpholine rings is 1. The first-order valence-electron chi connectivity index (χ1n) is 7.36. The highest BCUT2D eigenvalue weighted by molar-refractivity contribution is 5.09. The Balaban J connectivity index is 1.73. The Morgan fingerprint density at radius 1 is 1.58 bits per heavy atom. The van der Waals surface area contributed by atoms with Gasteiger partial charge in [-0.2, -0.15) is 5.10 Å². The minimum atomic E-state index is 0.202. The second-order valence-corrected chi connectivity index (χ2v) is 5.61. The van der Waals surface area contributed by atoms with Crippen LogP contribution in [0.3, 0.4) is 0 Å². The van der Waals surface area contributed by atoms with Crippen molar-refractivity contribution < 1.29 is 4.74 Å². The van der Waals surface area contributed by atoms with Crippen LogP contribution < -0.4 is 5.32 Å². The quantitative estimate of drug-likeness (QED) is 0.878. The van der Waals surface area contributed by atoms with E-state index >= 15 is 0 Å². The largest absolute Gasteiger partial charge is 0.373 e. The number of nitrogens with zero attached hydrogens (tertiary/aromatic N) is 3. The Morgan fingerprint density at radius 3 is 3.21 bits per heavy atom. The molecule has 0 saturated carbocycles. The zero-order chi connectivity index (χ0) is 13.2. The molecule has 1 aromatic rings. The van der Waals surface area contributed by atoms with Crippen molar-refractivity contribution in [3.63, 3.8) is 0 Å². The van der Waals surface area contributed by atoms with Gasteiger partial charge in [0.15, 0.2) is 0 Å². The summed E-state index contributed by atoms with van der Waals surface area (Å²) < 4.78 is 7.98. The van der Waals surface area contributed by atoms with Crippen LogP contribution in [0.4, 0.5) is 0 Å². The first-order valence-corrected chi connectivity index (χ1v) is 7.36.